The van der Waals surface area contributed by atoms with E-state index in [1.807, 2.05) is 12.1 Å². The van der Waals surface area contributed by atoms with Gasteiger partial charge in [-0.05, 0) is 17.7 Å². The number of quaternary nitrogens is 1. The number of hydrogen-bond acceptors (Lipinski definition) is 4. The zero-order chi connectivity index (χ0) is 14.7. The van der Waals surface area contributed by atoms with E-state index in [1.54, 1.807) is 6.07 Å². The number of aromatic nitrogens is 2. The lowest BCUT2D eigenvalue weighted by molar-refractivity contribution is -0.443. The number of nitrogens with zero attached hydrogens (tertiary/aromatic N) is 2. The van der Waals surface area contributed by atoms with Crippen LogP contribution in [0, 0.1) is 5.92 Å². The molecule has 0 saturated carbocycles. The lowest BCUT2D eigenvalue weighted by Gasteiger charge is -2.06. The van der Waals surface area contributed by atoms with Crippen LogP contribution in [0.2, 0.25) is 10.0 Å². The quantitative estimate of drug-likeness (QED) is 0.849. The summed E-state index contributed by atoms with van der Waals surface area (Å²) in [5.41, 5.74) is 5.00. The van der Waals surface area contributed by atoms with Crippen molar-refractivity contribution >= 4 is 35.0 Å². The maximum atomic E-state index is 6.12. The molecule has 4 nitrogen and oxygen atoms in total. The van der Waals surface area contributed by atoms with Crippen LogP contribution in [0.25, 0.3) is 0 Å². The molecule has 0 spiro atoms. The summed E-state index contributed by atoms with van der Waals surface area (Å²) in [7, 11) is 0. The summed E-state index contributed by atoms with van der Waals surface area (Å²) in [4.78, 5) is 0. The van der Waals surface area contributed by atoms with Crippen molar-refractivity contribution in [2.75, 3.05) is 0 Å². The lowest BCUT2D eigenvalue weighted by Crippen LogP contribution is -2.56. The van der Waals surface area contributed by atoms with Gasteiger partial charge < -0.3 is 10.2 Å². The first-order valence-electron chi connectivity index (χ1n) is 6.20. The van der Waals surface area contributed by atoms with Crippen LogP contribution in [0.1, 0.15) is 31.3 Å². The second-order valence-electron chi connectivity index (χ2n) is 4.78. The zero-order valence-corrected chi connectivity index (χ0v) is 13.6. The Morgan fingerprint density at radius 2 is 2.05 bits per heavy atom. The van der Waals surface area contributed by atoms with Crippen molar-refractivity contribution in [2.24, 2.45) is 5.92 Å². The molecule has 1 atom stereocenters. The molecule has 0 aliphatic carbocycles. The van der Waals surface area contributed by atoms with Gasteiger partial charge in [0.2, 0.25) is 0 Å². The molecule has 0 bridgehead atoms. The van der Waals surface area contributed by atoms with Crippen molar-refractivity contribution in [1.82, 2.24) is 10.2 Å². The van der Waals surface area contributed by atoms with Gasteiger partial charge in [-0.1, -0.05) is 54.9 Å². The molecule has 0 unspecified atom stereocenters. The Morgan fingerprint density at radius 1 is 1.30 bits per heavy atom. The van der Waals surface area contributed by atoms with Gasteiger partial charge in [0.25, 0.3) is 11.1 Å². The highest BCUT2D eigenvalue weighted by molar-refractivity contribution is 7.98. The fourth-order valence-electron chi connectivity index (χ4n) is 1.49. The first-order valence-corrected chi connectivity index (χ1v) is 7.94. The third-order valence-electron chi connectivity index (χ3n) is 2.91. The van der Waals surface area contributed by atoms with Crippen LogP contribution < -0.4 is 5.73 Å². The average Bonchev–Trinajstić information content (AvgIpc) is 2.85. The van der Waals surface area contributed by atoms with Gasteiger partial charge in [-0.2, -0.15) is 0 Å². The van der Waals surface area contributed by atoms with Crippen LogP contribution in [0.4, 0.5) is 0 Å². The van der Waals surface area contributed by atoms with E-state index in [0.717, 1.165) is 5.56 Å². The first kappa shape index (κ1) is 15.6. The van der Waals surface area contributed by atoms with Crippen LogP contribution in [-0.4, -0.2) is 10.2 Å². The van der Waals surface area contributed by atoms with E-state index in [4.69, 9.17) is 27.6 Å². The Bertz CT molecular complexity index is 589. The fraction of sp³-hybridized carbons (Fsp3) is 0.385. The molecule has 20 heavy (non-hydrogen) atoms. The van der Waals surface area contributed by atoms with E-state index in [0.29, 0.717) is 32.8 Å². The van der Waals surface area contributed by atoms with E-state index in [1.165, 1.54) is 11.8 Å². The second kappa shape index (κ2) is 6.80. The van der Waals surface area contributed by atoms with E-state index >= 15 is 0 Å². The smallest absolute Gasteiger partial charge is 0.277 e. The molecule has 2 rings (SSSR count). The van der Waals surface area contributed by atoms with Gasteiger partial charge in [0.1, 0.15) is 0 Å². The van der Waals surface area contributed by atoms with Gasteiger partial charge in [-0.25, -0.2) is 0 Å². The van der Waals surface area contributed by atoms with Gasteiger partial charge in [0, 0.05) is 21.7 Å². The Balaban J connectivity index is 2.01. The molecule has 0 aliphatic heterocycles. The van der Waals surface area contributed by atoms with Gasteiger partial charge in [0.05, 0.1) is 0 Å². The third kappa shape index (κ3) is 3.88. The summed E-state index contributed by atoms with van der Waals surface area (Å²) in [6.07, 6.45) is 0. The van der Waals surface area contributed by atoms with Crippen LogP contribution in [0.15, 0.2) is 27.8 Å². The van der Waals surface area contributed by atoms with Crippen molar-refractivity contribution in [3.8, 4) is 0 Å². The van der Waals surface area contributed by atoms with Gasteiger partial charge in [-0.3, -0.25) is 0 Å². The van der Waals surface area contributed by atoms with Crippen molar-refractivity contribution in [3.63, 3.8) is 0 Å². The molecule has 0 saturated heterocycles. The highest BCUT2D eigenvalue weighted by Crippen LogP contribution is 2.28. The Morgan fingerprint density at radius 3 is 2.70 bits per heavy atom. The molecular formula is C13H16Cl2N3OS+. The van der Waals surface area contributed by atoms with Gasteiger partial charge in [0.15, 0.2) is 6.04 Å². The number of rotatable bonds is 5. The van der Waals surface area contributed by atoms with Crippen LogP contribution in [-0.2, 0) is 5.75 Å². The van der Waals surface area contributed by atoms with Crippen LogP contribution >= 0.6 is 35.0 Å². The predicted molar refractivity (Wildman–Crippen MR) is 80.8 cm³/mol. The largest absolute Gasteiger partial charge is 0.410 e. The minimum absolute atomic E-state index is 0.0102. The van der Waals surface area contributed by atoms with Crippen LogP contribution in [0.5, 0.6) is 0 Å². The summed E-state index contributed by atoms with van der Waals surface area (Å²) in [6.45, 7) is 4.14. The topological polar surface area (TPSA) is 66.6 Å². The molecule has 3 N–H and O–H groups in total. The van der Waals surface area contributed by atoms with Gasteiger partial charge >= 0.3 is 0 Å². The van der Waals surface area contributed by atoms with Crippen molar-refractivity contribution in [3.05, 3.63) is 39.7 Å². The van der Waals surface area contributed by atoms with E-state index in [-0.39, 0.29) is 6.04 Å². The highest BCUT2D eigenvalue weighted by Gasteiger charge is 2.21. The summed E-state index contributed by atoms with van der Waals surface area (Å²) in [5.74, 6) is 1.59. The molecule has 1 aromatic carbocycles. The maximum Gasteiger partial charge on any atom is 0.277 e. The molecule has 0 fully saturated rings. The predicted octanol–water partition coefficient (Wildman–Crippen LogP) is 3.61. The second-order valence-corrected chi connectivity index (χ2v) is 6.55. The molecule has 1 heterocycles. The molecule has 0 radical (unpaired) electrons. The van der Waals surface area contributed by atoms with E-state index in [9.17, 15) is 0 Å². The SMILES string of the molecule is CC(C)[C@H]([NH3+])c1nnc(SCc2ccc(Cl)cc2Cl)o1. The molecule has 0 aliphatic rings. The van der Waals surface area contributed by atoms with Crippen molar-refractivity contribution in [1.29, 1.82) is 0 Å². The van der Waals surface area contributed by atoms with Crippen LogP contribution in [0.3, 0.4) is 0 Å². The van der Waals surface area contributed by atoms with Gasteiger partial charge in [-0.15, -0.1) is 10.2 Å². The van der Waals surface area contributed by atoms with Crippen molar-refractivity contribution < 1.29 is 10.2 Å². The number of hydrogen-bond donors (Lipinski definition) is 1. The molecule has 7 heteroatoms. The standard InChI is InChI=1S/C13H15Cl2N3OS/c1-7(2)11(16)12-17-18-13(19-12)20-6-8-3-4-9(14)5-10(8)15/h3-5,7,11H,6,16H2,1-2H3/p+1/t11-/m0/s1. The van der Waals surface area contributed by atoms with E-state index < -0.39 is 0 Å². The molecule has 108 valence electrons. The monoisotopic (exact) mass is 332 g/mol. The maximum absolute atomic E-state index is 6.12. The minimum atomic E-state index is 0.0102. The fourth-order valence-corrected chi connectivity index (χ4v) is 2.82. The normalized spacial score (nSPS) is 12.9. The molecule has 2 aromatic rings. The summed E-state index contributed by atoms with van der Waals surface area (Å²) in [6, 6.07) is 5.44. The Hall–Kier alpha value is -0.750. The molecular weight excluding hydrogens is 317 g/mol. The lowest BCUT2D eigenvalue weighted by atomic mass is 10.1. The highest BCUT2D eigenvalue weighted by atomic mass is 35.5. The number of halogens is 2. The summed E-state index contributed by atoms with van der Waals surface area (Å²) >= 11 is 13.4. The average molecular weight is 333 g/mol. The third-order valence-corrected chi connectivity index (χ3v) is 4.36. The number of thioether (sulfide) groups is 1. The minimum Gasteiger partial charge on any atom is -0.410 e. The summed E-state index contributed by atoms with van der Waals surface area (Å²) < 4.78 is 5.60. The Labute approximate surface area is 132 Å². The molecule has 1 aromatic heterocycles. The zero-order valence-electron chi connectivity index (χ0n) is 11.3. The van der Waals surface area contributed by atoms with Crippen molar-refractivity contribution in [2.45, 2.75) is 30.9 Å². The molecule has 0 amide bonds. The number of benzene rings is 1. The van der Waals surface area contributed by atoms with E-state index in [2.05, 4.69) is 29.8 Å². The first-order chi connectivity index (χ1) is 9.47. The summed E-state index contributed by atoms with van der Waals surface area (Å²) in [5, 5.41) is 9.85. The Kier molecular flexibility index (Phi) is 5.32.